The standard InChI is InChI=1S/C11H14F3NO4S/c1-8(7-16)6-15-20(17,18)10-5-3-2-4-9(10)19-11(12,13)14/h2-5,8,15-16H,6-7H2,1H3. The van der Waals surface area contributed by atoms with Gasteiger partial charge in [-0.15, -0.1) is 13.2 Å². The van der Waals surface area contributed by atoms with Crippen molar-refractivity contribution >= 4 is 10.0 Å². The quantitative estimate of drug-likeness (QED) is 0.834. The fraction of sp³-hybridized carbons (Fsp3) is 0.455. The van der Waals surface area contributed by atoms with E-state index in [1.54, 1.807) is 6.92 Å². The van der Waals surface area contributed by atoms with Gasteiger partial charge < -0.3 is 9.84 Å². The van der Waals surface area contributed by atoms with Gasteiger partial charge in [-0.25, -0.2) is 13.1 Å². The molecule has 0 spiro atoms. The summed E-state index contributed by atoms with van der Waals surface area (Å²) in [6, 6.07) is 4.44. The minimum absolute atomic E-state index is 0.0980. The van der Waals surface area contributed by atoms with Crippen molar-refractivity contribution in [1.82, 2.24) is 4.72 Å². The summed E-state index contributed by atoms with van der Waals surface area (Å²) in [5.41, 5.74) is 0. The summed E-state index contributed by atoms with van der Waals surface area (Å²) in [5, 5.41) is 8.80. The number of ether oxygens (including phenoxy) is 1. The summed E-state index contributed by atoms with van der Waals surface area (Å²) >= 11 is 0. The van der Waals surface area contributed by atoms with Crippen molar-refractivity contribution in [3.63, 3.8) is 0 Å². The molecule has 0 aliphatic carbocycles. The normalized spacial score (nSPS) is 14.1. The summed E-state index contributed by atoms with van der Waals surface area (Å²) < 4.78 is 66.3. The van der Waals surface area contributed by atoms with E-state index in [4.69, 9.17) is 5.11 Å². The lowest BCUT2D eigenvalue weighted by Gasteiger charge is -2.15. The van der Waals surface area contributed by atoms with Crippen LogP contribution < -0.4 is 9.46 Å². The Hall–Kier alpha value is -1.32. The Kier molecular flexibility index (Phi) is 5.37. The second kappa shape index (κ2) is 6.42. The SMILES string of the molecule is CC(CO)CNS(=O)(=O)c1ccccc1OC(F)(F)F. The molecule has 5 nitrogen and oxygen atoms in total. The number of aliphatic hydroxyl groups excluding tert-OH is 1. The van der Waals surface area contributed by atoms with Crippen LogP contribution in [0.15, 0.2) is 29.2 Å². The molecule has 9 heteroatoms. The van der Waals surface area contributed by atoms with E-state index in [1.807, 2.05) is 0 Å². The lowest BCUT2D eigenvalue weighted by atomic mass is 10.2. The number of aliphatic hydroxyl groups is 1. The topological polar surface area (TPSA) is 75.6 Å². The smallest absolute Gasteiger partial charge is 0.404 e. The molecule has 114 valence electrons. The molecule has 0 aliphatic rings. The van der Waals surface area contributed by atoms with Crippen molar-refractivity contribution in [1.29, 1.82) is 0 Å². The summed E-state index contributed by atoms with van der Waals surface area (Å²) in [4.78, 5) is -0.609. The van der Waals surface area contributed by atoms with E-state index in [9.17, 15) is 21.6 Å². The maximum Gasteiger partial charge on any atom is 0.573 e. The van der Waals surface area contributed by atoms with Gasteiger partial charge in [-0.3, -0.25) is 0 Å². The van der Waals surface area contributed by atoms with Crippen molar-refractivity contribution in [3.8, 4) is 5.75 Å². The van der Waals surface area contributed by atoms with Gasteiger partial charge in [0.25, 0.3) is 0 Å². The number of sulfonamides is 1. The van der Waals surface area contributed by atoms with E-state index in [0.29, 0.717) is 0 Å². The number of halogens is 3. The highest BCUT2D eigenvalue weighted by atomic mass is 32.2. The monoisotopic (exact) mass is 313 g/mol. The zero-order valence-electron chi connectivity index (χ0n) is 10.5. The molecule has 0 saturated carbocycles. The molecule has 0 saturated heterocycles. The van der Waals surface area contributed by atoms with Gasteiger partial charge in [-0.05, 0) is 18.1 Å². The lowest BCUT2D eigenvalue weighted by molar-refractivity contribution is -0.275. The highest BCUT2D eigenvalue weighted by Gasteiger charge is 2.33. The molecule has 0 aromatic heterocycles. The number of alkyl halides is 3. The molecule has 0 bridgehead atoms. The molecule has 0 heterocycles. The van der Waals surface area contributed by atoms with E-state index < -0.39 is 27.0 Å². The van der Waals surface area contributed by atoms with Gasteiger partial charge in [0, 0.05) is 13.2 Å². The van der Waals surface area contributed by atoms with Crippen LogP contribution >= 0.6 is 0 Å². The van der Waals surface area contributed by atoms with Gasteiger partial charge in [0.2, 0.25) is 10.0 Å². The average molecular weight is 313 g/mol. The molecule has 20 heavy (non-hydrogen) atoms. The highest BCUT2D eigenvalue weighted by molar-refractivity contribution is 7.89. The number of para-hydroxylation sites is 1. The Bertz CT molecular complexity index is 545. The molecular formula is C11H14F3NO4S. The Balaban J connectivity index is 3.00. The van der Waals surface area contributed by atoms with Crippen LogP contribution in [0, 0.1) is 5.92 Å². The molecule has 1 aromatic carbocycles. The zero-order chi connectivity index (χ0) is 15.4. The van der Waals surface area contributed by atoms with Crippen LogP contribution in [-0.4, -0.2) is 33.0 Å². The Morgan fingerprint density at radius 2 is 1.95 bits per heavy atom. The van der Waals surface area contributed by atoms with Crippen LogP contribution in [0.4, 0.5) is 13.2 Å². The maximum absolute atomic E-state index is 12.2. The summed E-state index contributed by atoms with van der Waals surface area (Å²) in [7, 11) is -4.15. The maximum atomic E-state index is 12.2. The number of hydrogen-bond acceptors (Lipinski definition) is 4. The number of rotatable bonds is 6. The number of nitrogens with one attached hydrogen (secondary N) is 1. The Morgan fingerprint density at radius 1 is 1.35 bits per heavy atom. The van der Waals surface area contributed by atoms with Crippen LogP contribution in [-0.2, 0) is 10.0 Å². The first-order valence-corrected chi connectivity index (χ1v) is 7.09. The van der Waals surface area contributed by atoms with Crippen LogP contribution in [0.5, 0.6) is 5.75 Å². The molecule has 0 aliphatic heterocycles. The minimum Gasteiger partial charge on any atom is -0.404 e. The fourth-order valence-corrected chi connectivity index (χ4v) is 2.57. The van der Waals surface area contributed by atoms with Crippen LogP contribution in [0.2, 0.25) is 0 Å². The molecule has 0 amide bonds. The molecule has 1 rings (SSSR count). The summed E-state index contributed by atoms with van der Waals surface area (Å²) in [5.74, 6) is -1.16. The first-order chi connectivity index (χ1) is 9.15. The second-order valence-corrected chi connectivity index (χ2v) is 5.87. The van der Waals surface area contributed by atoms with Gasteiger partial charge >= 0.3 is 6.36 Å². The molecular weight excluding hydrogens is 299 g/mol. The Labute approximate surface area is 114 Å². The van der Waals surface area contributed by atoms with Crippen LogP contribution in [0.1, 0.15) is 6.92 Å². The second-order valence-electron chi connectivity index (χ2n) is 4.13. The molecule has 0 fully saturated rings. The predicted molar refractivity (Wildman–Crippen MR) is 64.6 cm³/mol. The number of hydrogen-bond donors (Lipinski definition) is 2. The predicted octanol–water partition coefficient (Wildman–Crippen LogP) is 1.49. The van der Waals surface area contributed by atoms with Crippen LogP contribution in [0.3, 0.4) is 0 Å². The van der Waals surface area contributed by atoms with Gasteiger partial charge in [0.05, 0.1) is 0 Å². The first-order valence-electron chi connectivity index (χ1n) is 5.61. The molecule has 1 unspecified atom stereocenters. The largest absolute Gasteiger partial charge is 0.573 e. The van der Waals surface area contributed by atoms with Crippen molar-refractivity contribution in [3.05, 3.63) is 24.3 Å². The van der Waals surface area contributed by atoms with Gasteiger partial charge in [-0.2, -0.15) is 0 Å². The third-order valence-electron chi connectivity index (χ3n) is 2.30. The van der Waals surface area contributed by atoms with Crippen molar-refractivity contribution in [2.75, 3.05) is 13.2 Å². The van der Waals surface area contributed by atoms with E-state index in [2.05, 4.69) is 9.46 Å². The van der Waals surface area contributed by atoms with Gasteiger partial charge in [-0.1, -0.05) is 19.1 Å². The Morgan fingerprint density at radius 3 is 2.50 bits per heavy atom. The highest BCUT2D eigenvalue weighted by Crippen LogP contribution is 2.29. The summed E-state index contributed by atoms with van der Waals surface area (Å²) in [6.07, 6.45) is -4.98. The van der Waals surface area contributed by atoms with Gasteiger partial charge in [0.1, 0.15) is 10.6 Å². The lowest BCUT2D eigenvalue weighted by Crippen LogP contribution is -2.30. The van der Waals surface area contributed by atoms with Crippen molar-refractivity contribution in [2.45, 2.75) is 18.2 Å². The molecule has 0 radical (unpaired) electrons. The van der Waals surface area contributed by atoms with Crippen molar-refractivity contribution in [2.24, 2.45) is 5.92 Å². The van der Waals surface area contributed by atoms with E-state index in [1.165, 1.54) is 12.1 Å². The van der Waals surface area contributed by atoms with E-state index >= 15 is 0 Å². The van der Waals surface area contributed by atoms with E-state index in [-0.39, 0.29) is 19.1 Å². The first kappa shape index (κ1) is 16.7. The van der Waals surface area contributed by atoms with Crippen molar-refractivity contribution < 1.29 is 31.4 Å². The van der Waals surface area contributed by atoms with Crippen LogP contribution in [0.25, 0.3) is 0 Å². The minimum atomic E-state index is -4.98. The van der Waals surface area contributed by atoms with Gasteiger partial charge in [0.15, 0.2) is 0 Å². The zero-order valence-corrected chi connectivity index (χ0v) is 11.3. The third-order valence-corrected chi connectivity index (χ3v) is 3.76. The molecule has 1 aromatic rings. The number of benzene rings is 1. The van der Waals surface area contributed by atoms with E-state index in [0.717, 1.165) is 12.1 Å². The molecule has 2 N–H and O–H groups in total. The summed E-state index contributed by atoms with van der Waals surface area (Å²) in [6.45, 7) is 1.24. The average Bonchev–Trinajstić information content (AvgIpc) is 2.34. The fourth-order valence-electron chi connectivity index (χ4n) is 1.28. The third kappa shape index (κ3) is 4.99. The molecule has 1 atom stereocenters.